The molecule has 1 aromatic carbocycles. The highest BCUT2D eigenvalue weighted by Gasteiger charge is 2.38. The van der Waals surface area contributed by atoms with Gasteiger partial charge in [-0.2, -0.15) is 0 Å². The van der Waals surface area contributed by atoms with E-state index >= 15 is 0 Å². The van der Waals surface area contributed by atoms with E-state index in [4.69, 9.17) is 0 Å². The molecule has 0 bridgehead atoms. The molecule has 2 aliphatic rings. The number of anilines is 1. The Hall–Kier alpha value is -1.88. The number of fused-ring (bicyclic) bond motifs is 1. The molecule has 5 nitrogen and oxygen atoms in total. The number of hydrogen-bond acceptors (Lipinski definition) is 3. The highest BCUT2D eigenvalue weighted by Crippen LogP contribution is 2.33. The van der Waals surface area contributed by atoms with Crippen LogP contribution in [0.15, 0.2) is 24.3 Å². The van der Waals surface area contributed by atoms with Gasteiger partial charge in [-0.15, -0.1) is 0 Å². The molecule has 2 amide bonds. The number of benzene rings is 1. The lowest BCUT2D eigenvalue weighted by Gasteiger charge is -2.24. The molecule has 1 heterocycles. The summed E-state index contributed by atoms with van der Waals surface area (Å²) in [6.45, 7) is 0. The molecule has 1 saturated carbocycles. The Balaban J connectivity index is 1.64. The number of rotatable bonds is 3. The lowest BCUT2D eigenvalue weighted by Crippen LogP contribution is -2.39. The van der Waals surface area contributed by atoms with Crippen LogP contribution in [0.5, 0.6) is 0 Å². The second-order valence-electron chi connectivity index (χ2n) is 6.88. The van der Waals surface area contributed by atoms with E-state index in [1.165, 1.54) is 30.6 Å². The summed E-state index contributed by atoms with van der Waals surface area (Å²) < 4.78 is 0. The van der Waals surface area contributed by atoms with Crippen LogP contribution in [0.1, 0.15) is 42.5 Å². The Morgan fingerprint density at radius 3 is 2.74 bits per heavy atom. The van der Waals surface area contributed by atoms with Crippen molar-refractivity contribution in [1.82, 2.24) is 10.2 Å². The Morgan fingerprint density at radius 2 is 2.00 bits per heavy atom. The van der Waals surface area contributed by atoms with Crippen molar-refractivity contribution in [2.24, 2.45) is 5.92 Å². The minimum Gasteiger partial charge on any atom is -0.345 e. The number of hydrogen-bond donors (Lipinski definition) is 2. The van der Waals surface area contributed by atoms with E-state index in [1.54, 1.807) is 32.3 Å². The fraction of sp³-hybridized carbons (Fsp3) is 0.556. The van der Waals surface area contributed by atoms with Gasteiger partial charge in [-0.25, -0.2) is 0 Å². The Morgan fingerprint density at radius 1 is 1.22 bits per heavy atom. The van der Waals surface area contributed by atoms with Crippen LogP contribution in [-0.4, -0.2) is 42.9 Å². The van der Waals surface area contributed by atoms with Crippen molar-refractivity contribution in [3.8, 4) is 0 Å². The standard InChI is InChI=1S/C18H25N3O2/c1-21(2)18(23)13-7-5-8-14(10-13)19-17(22)16-11-12-6-3-4-9-15(12)20-16/h5,7-8,10,12,15-16,20H,3-4,6,9,11H2,1-2H3,(H,19,22). The van der Waals surface area contributed by atoms with E-state index in [0.717, 1.165) is 6.42 Å². The third kappa shape index (κ3) is 3.55. The average molecular weight is 315 g/mol. The van der Waals surface area contributed by atoms with Gasteiger partial charge in [-0.3, -0.25) is 9.59 Å². The zero-order valence-electron chi connectivity index (χ0n) is 13.8. The maximum Gasteiger partial charge on any atom is 0.253 e. The molecule has 3 unspecified atom stereocenters. The third-order valence-electron chi connectivity index (χ3n) is 4.96. The van der Waals surface area contributed by atoms with Crippen molar-refractivity contribution in [2.45, 2.75) is 44.2 Å². The molecule has 0 spiro atoms. The second-order valence-corrected chi connectivity index (χ2v) is 6.88. The number of carbonyl (C=O) groups is 2. The summed E-state index contributed by atoms with van der Waals surface area (Å²) in [6.07, 6.45) is 5.88. The maximum atomic E-state index is 12.5. The molecule has 0 aromatic heterocycles. The van der Waals surface area contributed by atoms with Gasteiger partial charge in [0.1, 0.15) is 0 Å². The summed E-state index contributed by atoms with van der Waals surface area (Å²) in [7, 11) is 3.44. The lowest BCUT2D eigenvalue weighted by atomic mass is 9.85. The van der Waals surface area contributed by atoms with Crippen molar-refractivity contribution in [3.63, 3.8) is 0 Å². The molecule has 5 heteroatoms. The summed E-state index contributed by atoms with van der Waals surface area (Å²) in [5.74, 6) is 0.584. The van der Waals surface area contributed by atoms with Gasteiger partial charge in [0.05, 0.1) is 6.04 Å². The lowest BCUT2D eigenvalue weighted by molar-refractivity contribution is -0.117. The topological polar surface area (TPSA) is 61.4 Å². The van der Waals surface area contributed by atoms with Crippen LogP contribution >= 0.6 is 0 Å². The van der Waals surface area contributed by atoms with E-state index in [9.17, 15) is 9.59 Å². The van der Waals surface area contributed by atoms with E-state index in [0.29, 0.717) is 23.2 Å². The summed E-state index contributed by atoms with van der Waals surface area (Å²) >= 11 is 0. The number of nitrogens with one attached hydrogen (secondary N) is 2. The molecule has 3 rings (SSSR count). The van der Waals surface area contributed by atoms with E-state index in [-0.39, 0.29) is 17.9 Å². The van der Waals surface area contributed by atoms with Crippen molar-refractivity contribution >= 4 is 17.5 Å². The minimum atomic E-state index is -0.115. The van der Waals surface area contributed by atoms with Gasteiger partial charge in [-0.1, -0.05) is 18.9 Å². The molecular weight excluding hydrogens is 290 g/mol. The van der Waals surface area contributed by atoms with Crippen LogP contribution in [0.25, 0.3) is 0 Å². The van der Waals surface area contributed by atoms with E-state index in [1.807, 2.05) is 6.07 Å². The van der Waals surface area contributed by atoms with Crippen LogP contribution in [0, 0.1) is 5.92 Å². The molecule has 1 aromatic rings. The third-order valence-corrected chi connectivity index (χ3v) is 4.96. The molecule has 124 valence electrons. The maximum absolute atomic E-state index is 12.5. The Kier molecular flexibility index (Phi) is 4.66. The first-order valence-corrected chi connectivity index (χ1v) is 8.43. The van der Waals surface area contributed by atoms with Crippen LogP contribution in [0.4, 0.5) is 5.69 Å². The largest absolute Gasteiger partial charge is 0.345 e. The molecule has 23 heavy (non-hydrogen) atoms. The Labute approximate surface area is 137 Å². The summed E-state index contributed by atoms with van der Waals surface area (Å²) in [6, 6.07) is 7.51. The van der Waals surface area contributed by atoms with Crippen molar-refractivity contribution < 1.29 is 9.59 Å². The van der Waals surface area contributed by atoms with Gasteiger partial charge in [-0.05, 0) is 43.4 Å². The second kappa shape index (κ2) is 6.71. The molecule has 1 saturated heterocycles. The molecular formula is C18H25N3O2. The van der Waals surface area contributed by atoms with Gasteiger partial charge in [0.15, 0.2) is 0 Å². The normalized spacial score (nSPS) is 26.4. The van der Waals surface area contributed by atoms with Crippen LogP contribution < -0.4 is 10.6 Å². The molecule has 2 N–H and O–H groups in total. The van der Waals surface area contributed by atoms with Gasteiger partial charge >= 0.3 is 0 Å². The average Bonchev–Trinajstić information content (AvgIpc) is 2.98. The molecule has 3 atom stereocenters. The highest BCUT2D eigenvalue weighted by molar-refractivity contribution is 5.98. The quantitative estimate of drug-likeness (QED) is 0.899. The van der Waals surface area contributed by atoms with Gasteiger partial charge in [0, 0.05) is 31.4 Å². The van der Waals surface area contributed by atoms with Gasteiger partial charge in [0.25, 0.3) is 5.91 Å². The SMILES string of the molecule is CN(C)C(=O)c1cccc(NC(=O)C2CC3CCCCC3N2)c1. The predicted molar refractivity (Wildman–Crippen MR) is 90.4 cm³/mol. The van der Waals surface area contributed by atoms with Crippen LogP contribution in [0.3, 0.4) is 0 Å². The predicted octanol–water partition coefficient (Wildman–Crippen LogP) is 2.25. The fourth-order valence-electron chi connectivity index (χ4n) is 3.74. The van der Waals surface area contributed by atoms with E-state index < -0.39 is 0 Å². The molecule has 0 radical (unpaired) electrons. The molecule has 2 fully saturated rings. The monoisotopic (exact) mass is 315 g/mol. The number of carbonyl (C=O) groups excluding carboxylic acids is 2. The summed E-state index contributed by atoms with van der Waals surface area (Å²) in [5.41, 5.74) is 1.26. The molecule has 1 aliphatic heterocycles. The summed E-state index contributed by atoms with van der Waals surface area (Å²) in [5, 5.41) is 6.44. The van der Waals surface area contributed by atoms with Crippen LogP contribution in [0.2, 0.25) is 0 Å². The zero-order chi connectivity index (χ0) is 16.4. The smallest absolute Gasteiger partial charge is 0.253 e. The first-order chi connectivity index (χ1) is 11.0. The zero-order valence-corrected chi connectivity index (χ0v) is 13.8. The molecule has 1 aliphatic carbocycles. The first kappa shape index (κ1) is 16.0. The number of nitrogens with zero attached hydrogens (tertiary/aromatic N) is 1. The summed E-state index contributed by atoms with van der Waals surface area (Å²) in [4.78, 5) is 26.0. The van der Waals surface area contributed by atoms with E-state index in [2.05, 4.69) is 10.6 Å². The Bertz CT molecular complexity index is 586. The fourth-order valence-corrected chi connectivity index (χ4v) is 3.74. The highest BCUT2D eigenvalue weighted by atomic mass is 16.2. The van der Waals surface area contributed by atoms with Crippen molar-refractivity contribution in [1.29, 1.82) is 0 Å². The number of amides is 2. The van der Waals surface area contributed by atoms with Crippen molar-refractivity contribution in [3.05, 3.63) is 29.8 Å². The van der Waals surface area contributed by atoms with Gasteiger partial charge < -0.3 is 15.5 Å². The van der Waals surface area contributed by atoms with Crippen molar-refractivity contribution in [2.75, 3.05) is 19.4 Å². The van der Waals surface area contributed by atoms with Gasteiger partial charge in [0.2, 0.25) is 5.91 Å². The van der Waals surface area contributed by atoms with Crippen LogP contribution in [-0.2, 0) is 4.79 Å². The first-order valence-electron chi connectivity index (χ1n) is 8.43. The minimum absolute atomic E-state index is 0.00820.